The van der Waals surface area contributed by atoms with E-state index in [0.29, 0.717) is 34.1 Å². The molecule has 0 saturated heterocycles. The molecule has 5 atom stereocenters. The molecule has 0 radical (unpaired) electrons. The molecule has 0 spiro atoms. The lowest BCUT2D eigenvalue weighted by atomic mass is 9.73. The highest BCUT2D eigenvalue weighted by Gasteiger charge is 2.53. The Bertz CT molecular complexity index is 1010. The van der Waals surface area contributed by atoms with Crippen molar-refractivity contribution in [2.75, 3.05) is 35.0 Å². The van der Waals surface area contributed by atoms with Crippen LogP contribution in [-0.2, 0) is 12.8 Å². The average molecular weight is 509 g/mol. The van der Waals surface area contributed by atoms with Gasteiger partial charge in [0, 0.05) is 12.8 Å². The van der Waals surface area contributed by atoms with E-state index in [-0.39, 0.29) is 6.42 Å². The van der Waals surface area contributed by atoms with Gasteiger partial charge in [-0.1, -0.05) is 18.2 Å². The lowest BCUT2D eigenvalue weighted by Crippen LogP contribution is -2.66. The van der Waals surface area contributed by atoms with Gasteiger partial charge in [0.25, 0.3) is 0 Å². The Morgan fingerprint density at radius 1 is 0.778 bits per heavy atom. The normalized spacial score (nSPS) is 17.2. The molecule has 0 amide bonds. The SMILES string of the molecule is C=CC(O)(Cc1ccc(OC)c(OC)c1)[C@@H](O)[C@@](O)(Cc1ccc(OC)c(OC)c1)[C@H](O)[C@@H](O)CO. The number of methoxy groups -OCH3 is 4. The maximum Gasteiger partial charge on any atom is 0.160 e. The second kappa shape index (κ2) is 12.4. The predicted molar refractivity (Wildman–Crippen MR) is 132 cm³/mol. The molecular formula is C26H36O10. The molecule has 0 aliphatic carbocycles. The molecule has 36 heavy (non-hydrogen) atoms. The van der Waals surface area contributed by atoms with Gasteiger partial charge in [-0.25, -0.2) is 0 Å². The molecule has 0 fully saturated rings. The number of hydrogen-bond acceptors (Lipinski definition) is 10. The lowest BCUT2D eigenvalue weighted by molar-refractivity contribution is -0.218. The van der Waals surface area contributed by atoms with Crippen LogP contribution >= 0.6 is 0 Å². The Morgan fingerprint density at radius 3 is 1.61 bits per heavy atom. The van der Waals surface area contributed by atoms with Crippen molar-refractivity contribution in [2.45, 2.75) is 42.4 Å². The molecule has 10 heteroatoms. The summed E-state index contributed by atoms with van der Waals surface area (Å²) in [6.45, 7) is 2.72. The second-order valence-electron chi connectivity index (χ2n) is 8.52. The van der Waals surface area contributed by atoms with Crippen molar-refractivity contribution in [1.29, 1.82) is 0 Å². The van der Waals surface area contributed by atoms with E-state index in [2.05, 4.69) is 6.58 Å². The fraction of sp³-hybridized carbons (Fsp3) is 0.462. The van der Waals surface area contributed by atoms with Gasteiger partial charge in [-0.15, -0.1) is 6.58 Å². The van der Waals surface area contributed by atoms with Gasteiger partial charge in [-0.3, -0.25) is 0 Å². The molecule has 0 heterocycles. The van der Waals surface area contributed by atoms with Crippen molar-refractivity contribution in [3.8, 4) is 23.0 Å². The summed E-state index contributed by atoms with van der Waals surface area (Å²) in [6.07, 6.45) is -5.57. The van der Waals surface area contributed by atoms with Gasteiger partial charge in [0.1, 0.15) is 29.5 Å². The van der Waals surface area contributed by atoms with Gasteiger partial charge >= 0.3 is 0 Å². The second-order valence-corrected chi connectivity index (χ2v) is 8.52. The predicted octanol–water partition coefficient (Wildman–Crippen LogP) is 0.229. The number of ether oxygens (including phenoxy) is 4. The van der Waals surface area contributed by atoms with Crippen LogP contribution in [0.4, 0.5) is 0 Å². The fourth-order valence-corrected chi connectivity index (χ4v) is 4.14. The molecule has 0 aliphatic heterocycles. The molecule has 2 aromatic carbocycles. The molecule has 0 bridgehead atoms. The van der Waals surface area contributed by atoms with Crippen LogP contribution in [0.5, 0.6) is 23.0 Å². The first kappa shape index (κ1) is 29.4. The van der Waals surface area contributed by atoms with Crippen LogP contribution in [0.2, 0.25) is 0 Å². The van der Waals surface area contributed by atoms with E-state index in [1.807, 2.05) is 0 Å². The first-order valence-electron chi connectivity index (χ1n) is 11.2. The van der Waals surface area contributed by atoms with E-state index >= 15 is 0 Å². The third-order valence-electron chi connectivity index (χ3n) is 6.23. The van der Waals surface area contributed by atoms with E-state index in [0.717, 1.165) is 6.08 Å². The summed E-state index contributed by atoms with van der Waals surface area (Å²) >= 11 is 0. The number of rotatable bonds is 14. The lowest BCUT2D eigenvalue weighted by Gasteiger charge is -2.45. The van der Waals surface area contributed by atoms with Crippen molar-refractivity contribution in [3.63, 3.8) is 0 Å². The highest BCUT2D eigenvalue weighted by atomic mass is 16.5. The number of aliphatic hydroxyl groups is 6. The smallest absolute Gasteiger partial charge is 0.160 e. The van der Waals surface area contributed by atoms with Crippen LogP contribution < -0.4 is 18.9 Å². The summed E-state index contributed by atoms with van der Waals surface area (Å²) in [4.78, 5) is 0. The Hall–Kier alpha value is -2.86. The van der Waals surface area contributed by atoms with Gasteiger partial charge in [0.05, 0.1) is 35.0 Å². The molecule has 6 N–H and O–H groups in total. The standard InChI is InChI=1S/C26H36O10/c1-6-25(31,13-16-7-9-19(33-2)21(11-16)35-4)24(30)26(32,23(29)18(28)15-27)14-17-8-10-20(34-3)22(12-17)36-5/h6-12,18,23-24,27-32H,1,13-15H2,2-5H3/t18-,23+,24+,25?,26+/m0/s1. The minimum atomic E-state index is -2.54. The van der Waals surface area contributed by atoms with Crippen molar-refractivity contribution in [1.82, 2.24) is 0 Å². The summed E-state index contributed by atoms with van der Waals surface area (Å²) in [7, 11) is 5.80. The number of aliphatic hydroxyl groups excluding tert-OH is 4. The van der Waals surface area contributed by atoms with E-state index in [4.69, 9.17) is 18.9 Å². The maximum atomic E-state index is 11.6. The van der Waals surface area contributed by atoms with E-state index in [9.17, 15) is 30.6 Å². The maximum absolute atomic E-state index is 11.6. The zero-order valence-corrected chi connectivity index (χ0v) is 20.9. The minimum Gasteiger partial charge on any atom is -0.493 e. The zero-order valence-electron chi connectivity index (χ0n) is 20.9. The number of hydrogen-bond donors (Lipinski definition) is 6. The van der Waals surface area contributed by atoms with Crippen molar-refractivity contribution in [2.24, 2.45) is 0 Å². The zero-order chi connectivity index (χ0) is 27.1. The van der Waals surface area contributed by atoms with Crippen LogP contribution in [0.1, 0.15) is 11.1 Å². The first-order valence-corrected chi connectivity index (χ1v) is 11.2. The van der Waals surface area contributed by atoms with Crippen LogP contribution in [0.3, 0.4) is 0 Å². The molecule has 0 aliphatic rings. The van der Waals surface area contributed by atoms with E-state index in [1.165, 1.54) is 34.5 Å². The van der Waals surface area contributed by atoms with Crippen LogP contribution in [0, 0.1) is 0 Å². The third kappa shape index (κ3) is 6.09. The van der Waals surface area contributed by atoms with Crippen molar-refractivity contribution in [3.05, 3.63) is 60.2 Å². The molecule has 0 aromatic heterocycles. The summed E-state index contributed by atoms with van der Waals surface area (Å²) in [5.41, 5.74) is -3.84. The Morgan fingerprint density at radius 2 is 1.22 bits per heavy atom. The molecular weight excluding hydrogens is 472 g/mol. The first-order chi connectivity index (χ1) is 17.0. The summed E-state index contributed by atoms with van der Waals surface area (Å²) in [5.74, 6) is 1.58. The summed E-state index contributed by atoms with van der Waals surface area (Å²) in [5, 5.41) is 64.8. The largest absolute Gasteiger partial charge is 0.493 e. The Balaban J connectivity index is 2.52. The molecule has 0 saturated carbocycles. The molecule has 2 aromatic rings. The van der Waals surface area contributed by atoms with Crippen LogP contribution in [-0.4, -0.2) is 95.2 Å². The molecule has 1 unspecified atom stereocenters. The highest BCUT2D eigenvalue weighted by molar-refractivity contribution is 5.45. The van der Waals surface area contributed by atoms with Crippen molar-refractivity contribution >= 4 is 0 Å². The minimum absolute atomic E-state index is 0.242. The number of benzene rings is 2. The van der Waals surface area contributed by atoms with Gasteiger partial charge < -0.3 is 49.6 Å². The van der Waals surface area contributed by atoms with Gasteiger partial charge in [0.15, 0.2) is 23.0 Å². The van der Waals surface area contributed by atoms with Crippen LogP contribution in [0.25, 0.3) is 0 Å². The summed E-state index contributed by atoms with van der Waals surface area (Å²) < 4.78 is 21.0. The fourth-order valence-electron chi connectivity index (χ4n) is 4.14. The Kier molecular flexibility index (Phi) is 10.1. The average Bonchev–Trinajstić information content (AvgIpc) is 2.91. The van der Waals surface area contributed by atoms with E-state index in [1.54, 1.807) is 30.3 Å². The monoisotopic (exact) mass is 508 g/mol. The Labute approximate surface area is 210 Å². The van der Waals surface area contributed by atoms with Gasteiger partial charge in [-0.05, 0) is 35.4 Å². The molecule has 10 nitrogen and oxygen atoms in total. The van der Waals surface area contributed by atoms with E-state index < -0.39 is 42.5 Å². The topological polar surface area (TPSA) is 158 Å². The molecule has 200 valence electrons. The third-order valence-corrected chi connectivity index (χ3v) is 6.23. The quantitative estimate of drug-likeness (QED) is 0.195. The van der Waals surface area contributed by atoms with Gasteiger partial charge in [-0.2, -0.15) is 0 Å². The molecule has 2 rings (SSSR count). The summed E-state index contributed by atoms with van der Waals surface area (Å²) in [6, 6.07) is 9.50. The van der Waals surface area contributed by atoms with Crippen molar-refractivity contribution < 1.29 is 49.6 Å². The highest BCUT2D eigenvalue weighted by Crippen LogP contribution is 2.36. The van der Waals surface area contributed by atoms with Crippen LogP contribution in [0.15, 0.2) is 49.1 Å². The van der Waals surface area contributed by atoms with Gasteiger partial charge in [0.2, 0.25) is 0 Å².